The molecule has 1 N–H and O–H groups in total. The fourth-order valence-corrected chi connectivity index (χ4v) is 3.49. The first kappa shape index (κ1) is 16.5. The van der Waals surface area contributed by atoms with Gasteiger partial charge < -0.3 is 4.74 Å². The number of rotatable bonds is 7. The average molecular weight is 412 g/mol. The van der Waals surface area contributed by atoms with Gasteiger partial charge >= 0.3 is 5.97 Å². The third kappa shape index (κ3) is 5.12. The molecule has 0 bridgehead atoms. The van der Waals surface area contributed by atoms with Crippen LogP contribution in [0.25, 0.3) is 10.4 Å². The van der Waals surface area contributed by atoms with E-state index in [2.05, 4.69) is 47.2 Å². The van der Waals surface area contributed by atoms with E-state index in [4.69, 9.17) is 10.3 Å². The molecule has 0 saturated carbocycles. The van der Waals surface area contributed by atoms with Gasteiger partial charge in [-0.25, -0.2) is 4.79 Å². The zero-order chi connectivity index (χ0) is 14.3. The molecule has 0 aromatic carbocycles. The minimum Gasteiger partial charge on any atom is -0.465 e. The standard InChI is InChI=1S/C10H12Br2N4O2S/c1-2-18-10(17)8(14-3-4-15-16-13)7-5-6(11)9(12)19-7/h5,8,14H,2-4H2,1H3. The minimum atomic E-state index is -0.554. The third-order valence-corrected chi connectivity index (χ3v) is 5.42. The molecule has 0 amide bonds. The average Bonchev–Trinajstić information content (AvgIpc) is 2.69. The number of carbonyl (C=O) groups is 1. The number of ether oxygens (including phenoxy) is 1. The van der Waals surface area contributed by atoms with Gasteiger partial charge in [-0.1, -0.05) is 5.11 Å². The van der Waals surface area contributed by atoms with E-state index in [1.54, 1.807) is 6.92 Å². The Morgan fingerprint density at radius 1 is 1.68 bits per heavy atom. The summed E-state index contributed by atoms with van der Waals surface area (Å²) in [4.78, 5) is 15.4. The lowest BCUT2D eigenvalue weighted by molar-refractivity contribution is -0.145. The molecule has 0 aliphatic heterocycles. The Hall–Kier alpha value is -0.600. The number of esters is 1. The first-order valence-electron chi connectivity index (χ1n) is 5.45. The maximum atomic E-state index is 11.9. The van der Waals surface area contributed by atoms with Crippen LogP contribution in [0.5, 0.6) is 0 Å². The van der Waals surface area contributed by atoms with Crippen molar-refractivity contribution < 1.29 is 9.53 Å². The van der Waals surface area contributed by atoms with E-state index in [9.17, 15) is 4.79 Å². The van der Waals surface area contributed by atoms with Crippen molar-refractivity contribution in [2.45, 2.75) is 13.0 Å². The fourth-order valence-electron chi connectivity index (χ4n) is 1.33. The highest BCUT2D eigenvalue weighted by atomic mass is 79.9. The molecule has 0 fully saturated rings. The first-order valence-corrected chi connectivity index (χ1v) is 7.86. The normalized spacial score (nSPS) is 11.7. The van der Waals surface area contributed by atoms with Gasteiger partial charge in [-0.15, -0.1) is 11.3 Å². The van der Waals surface area contributed by atoms with E-state index in [1.165, 1.54) is 11.3 Å². The second-order valence-electron chi connectivity index (χ2n) is 3.36. The minimum absolute atomic E-state index is 0.278. The Bertz CT molecular complexity index is 468. The molecule has 1 aromatic heterocycles. The van der Waals surface area contributed by atoms with Crippen molar-refractivity contribution in [2.75, 3.05) is 19.7 Å². The number of hydrogen-bond acceptors (Lipinski definition) is 5. The molecule has 1 unspecified atom stereocenters. The van der Waals surface area contributed by atoms with Crippen LogP contribution in [0.1, 0.15) is 17.8 Å². The summed E-state index contributed by atoms with van der Waals surface area (Å²) < 4.78 is 6.83. The van der Waals surface area contributed by atoms with E-state index in [-0.39, 0.29) is 12.5 Å². The highest BCUT2D eigenvalue weighted by Gasteiger charge is 2.24. The van der Waals surface area contributed by atoms with Crippen LogP contribution in [0.15, 0.2) is 19.4 Å². The lowest BCUT2D eigenvalue weighted by Crippen LogP contribution is -2.31. The maximum Gasteiger partial charge on any atom is 0.328 e. The van der Waals surface area contributed by atoms with Gasteiger partial charge in [-0.05, 0) is 50.4 Å². The molecule has 0 aliphatic carbocycles. The maximum absolute atomic E-state index is 11.9. The van der Waals surface area contributed by atoms with Gasteiger partial charge in [-0.2, -0.15) is 0 Å². The van der Waals surface area contributed by atoms with Gasteiger partial charge in [0.1, 0.15) is 6.04 Å². The van der Waals surface area contributed by atoms with Gasteiger partial charge in [-0.3, -0.25) is 5.32 Å². The Morgan fingerprint density at radius 3 is 2.95 bits per heavy atom. The van der Waals surface area contributed by atoms with Crippen LogP contribution in [0, 0.1) is 0 Å². The fraction of sp³-hybridized carbons (Fsp3) is 0.500. The van der Waals surface area contributed by atoms with Crippen molar-refractivity contribution in [3.63, 3.8) is 0 Å². The highest BCUT2D eigenvalue weighted by Crippen LogP contribution is 2.35. The summed E-state index contributed by atoms with van der Waals surface area (Å²) in [6.45, 7) is 2.76. The van der Waals surface area contributed by atoms with Crippen molar-refractivity contribution in [1.29, 1.82) is 0 Å². The predicted molar refractivity (Wildman–Crippen MR) is 81.1 cm³/mol. The van der Waals surface area contributed by atoms with Crippen molar-refractivity contribution >= 4 is 49.2 Å². The van der Waals surface area contributed by atoms with Gasteiger partial charge in [0.15, 0.2) is 0 Å². The van der Waals surface area contributed by atoms with Crippen molar-refractivity contribution in [3.8, 4) is 0 Å². The molecule has 0 saturated heterocycles. The highest BCUT2D eigenvalue weighted by molar-refractivity contribution is 9.13. The predicted octanol–water partition coefficient (Wildman–Crippen LogP) is 3.78. The van der Waals surface area contributed by atoms with Crippen molar-refractivity contribution in [2.24, 2.45) is 5.11 Å². The van der Waals surface area contributed by atoms with Crippen LogP contribution in [-0.2, 0) is 9.53 Å². The number of halogens is 2. The third-order valence-electron chi connectivity index (χ3n) is 2.09. The number of nitrogens with zero attached hydrogens (tertiary/aromatic N) is 3. The Balaban J connectivity index is 2.79. The SMILES string of the molecule is CCOC(=O)C(NCCN=[N+]=[N-])c1cc(Br)c(Br)s1. The number of carbonyl (C=O) groups excluding carboxylic acids is 1. The van der Waals surface area contributed by atoms with Crippen LogP contribution in [0.4, 0.5) is 0 Å². The van der Waals surface area contributed by atoms with Gasteiger partial charge in [0.05, 0.1) is 10.4 Å². The summed E-state index contributed by atoms with van der Waals surface area (Å²) in [5.74, 6) is -0.343. The topological polar surface area (TPSA) is 87.1 Å². The van der Waals surface area contributed by atoms with Crippen LogP contribution in [0.2, 0.25) is 0 Å². The van der Waals surface area contributed by atoms with E-state index in [0.29, 0.717) is 13.2 Å². The smallest absolute Gasteiger partial charge is 0.328 e. The Morgan fingerprint density at radius 2 is 2.42 bits per heavy atom. The van der Waals surface area contributed by atoms with E-state index >= 15 is 0 Å². The van der Waals surface area contributed by atoms with Crippen LogP contribution in [-0.4, -0.2) is 25.7 Å². The summed E-state index contributed by atoms with van der Waals surface area (Å²) in [6.07, 6.45) is 0. The summed E-state index contributed by atoms with van der Waals surface area (Å²) in [5, 5.41) is 6.44. The van der Waals surface area contributed by atoms with Crippen LogP contribution in [0.3, 0.4) is 0 Å². The molecule has 9 heteroatoms. The first-order chi connectivity index (χ1) is 9.10. The van der Waals surface area contributed by atoms with Crippen LogP contribution < -0.4 is 5.32 Å². The Labute approximate surface area is 131 Å². The van der Waals surface area contributed by atoms with Crippen molar-refractivity contribution in [1.82, 2.24) is 5.32 Å². The molecule has 0 aliphatic rings. The number of azide groups is 1. The number of nitrogens with one attached hydrogen (secondary N) is 1. The quantitative estimate of drug-likeness (QED) is 0.243. The van der Waals surface area contributed by atoms with E-state index in [0.717, 1.165) is 13.1 Å². The lowest BCUT2D eigenvalue weighted by Gasteiger charge is -2.15. The lowest BCUT2D eigenvalue weighted by atomic mass is 10.2. The monoisotopic (exact) mass is 410 g/mol. The van der Waals surface area contributed by atoms with Crippen LogP contribution >= 0.6 is 43.2 Å². The van der Waals surface area contributed by atoms with E-state index < -0.39 is 6.04 Å². The molecule has 104 valence electrons. The molecule has 1 rings (SSSR count). The molecule has 1 aromatic rings. The summed E-state index contributed by atoms with van der Waals surface area (Å²) in [5.41, 5.74) is 8.21. The number of hydrogen-bond donors (Lipinski definition) is 1. The molecule has 1 heterocycles. The largest absolute Gasteiger partial charge is 0.465 e. The van der Waals surface area contributed by atoms with E-state index in [1.807, 2.05) is 6.07 Å². The molecule has 1 atom stereocenters. The summed E-state index contributed by atoms with van der Waals surface area (Å²) in [6, 6.07) is 1.30. The second-order valence-corrected chi connectivity index (χ2v) is 6.62. The molecule has 0 radical (unpaired) electrons. The van der Waals surface area contributed by atoms with Gasteiger partial charge in [0.2, 0.25) is 0 Å². The zero-order valence-electron chi connectivity index (χ0n) is 10.1. The second kappa shape index (κ2) is 8.55. The van der Waals surface area contributed by atoms with Gasteiger partial charge in [0, 0.05) is 27.4 Å². The zero-order valence-corrected chi connectivity index (χ0v) is 14.1. The molecule has 6 nitrogen and oxygen atoms in total. The molecular weight excluding hydrogens is 400 g/mol. The number of thiophene rings is 1. The van der Waals surface area contributed by atoms with Gasteiger partial charge in [0.25, 0.3) is 0 Å². The molecule has 19 heavy (non-hydrogen) atoms. The summed E-state index contributed by atoms with van der Waals surface area (Å²) in [7, 11) is 0. The molecular formula is C10H12Br2N4O2S. The summed E-state index contributed by atoms with van der Waals surface area (Å²) >= 11 is 8.22. The Kier molecular flexibility index (Phi) is 7.40. The molecule has 0 spiro atoms. The van der Waals surface area contributed by atoms with Crippen molar-refractivity contribution in [3.05, 3.63) is 29.6 Å².